The Morgan fingerprint density at radius 2 is 1.11 bits per heavy atom. The first-order valence-corrected chi connectivity index (χ1v) is 12.5. The Labute approximate surface area is 219 Å². The molecule has 4 nitrogen and oxygen atoms in total. The average molecular weight is 534 g/mol. The van der Waals surface area contributed by atoms with Crippen LogP contribution in [0.15, 0.2) is 102 Å². The molecule has 2 aromatic carbocycles. The third kappa shape index (κ3) is 10.7. The number of benzene rings is 2. The lowest BCUT2D eigenvalue weighted by Gasteiger charge is -2.19. The minimum atomic E-state index is 0.198. The Hall–Kier alpha value is -3.18. The second-order valence-corrected chi connectivity index (χ2v) is 11.0. The first-order valence-electron chi connectivity index (χ1n) is 11.7. The molecule has 2 heterocycles. The van der Waals surface area contributed by atoms with E-state index in [-0.39, 0.29) is 10.8 Å². The van der Waals surface area contributed by atoms with Crippen LogP contribution in [0.25, 0.3) is 0 Å². The highest BCUT2D eigenvalue weighted by molar-refractivity contribution is 9.10. The maximum Gasteiger partial charge on any atom is 0.130 e. The zero-order valence-electron chi connectivity index (χ0n) is 21.6. The molecule has 0 aliphatic heterocycles. The number of anilines is 3. The largest absolute Gasteiger partial charge is 0.399 e. The highest BCUT2D eigenvalue weighted by atomic mass is 79.9. The Kier molecular flexibility index (Phi) is 10.5. The molecule has 0 atom stereocenters. The van der Waals surface area contributed by atoms with Crippen molar-refractivity contribution in [1.82, 2.24) is 9.97 Å². The third-order valence-corrected chi connectivity index (χ3v) is 5.56. The SMILES string of the molecule is Brc1ccccn1.CC(C)(C)c1ccc(N)cc1.CC(C)(C)c1ccc(Nc2ccccn2)cc1. The predicted octanol–water partition coefficient (Wildman–Crippen LogP) is 8.53. The van der Waals surface area contributed by atoms with Crippen molar-refractivity contribution in [2.75, 3.05) is 11.1 Å². The number of nitrogens with two attached hydrogens (primary N) is 1. The number of nitrogen functional groups attached to an aromatic ring is 1. The van der Waals surface area contributed by atoms with E-state index in [1.54, 1.807) is 12.4 Å². The van der Waals surface area contributed by atoms with Crippen molar-refractivity contribution in [3.05, 3.63) is 113 Å². The summed E-state index contributed by atoms with van der Waals surface area (Å²) in [5.41, 5.74) is 10.6. The molecule has 4 aromatic rings. The molecule has 0 spiro atoms. The van der Waals surface area contributed by atoms with Crippen LogP contribution in [0.4, 0.5) is 17.2 Å². The summed E-state index contributed by atoms with van der Waals surface area (Å²) in [5.74, 6) is 0.871. The lowest BCUT2D eigenvalue weighted by Crippen LogP contribution is -2.10. The van der Waals surface area contributed by atoms with Gasteiger partial charge in [-0.3, -0.25) is 0 Å². The van der Waals surface area contributed by atoms with E-state index < -0.39 is 0 Å². The molecule has 0 fully saturated rings. The van der Waals surface area contributed by atoms with Gasteiger partial charge in [0, 0.05) is 23.8 Å². The summed E-state index contributed by atoms with van der Waals surface area (Å²) in [4.78, 5) is 8.13. The summed E-state index contributed by atoms with van der Waals surface area (Å²) in [5, 5.41) is 3.27. The van der Waals surface area contributed by atoms with Crippen LogP contribution < -0.4 is 11.1 Å². The second-order valence-electron chi connectivity index (χ2n) is 10.2. The summed E-state index contributed by atoms with van der Waals surface area (Å²) < 4.78 is 0.884. The number of nitrogens with zero attached hydrogens (tertiary/aromatic N) is 2. The predicted molar refractivity (Wildman–Crippen MR) is 154 cm³/mol. The van der Waals surface area contributed by atoms with E-state index in [0.29, 0.717) is 0 Å². The quantitative estimate of drug-likeness (QED) is 0.200. The minimum Gasteiger partial charge on any atom is -0.399 e. The number of nitrogens with one attached hydrogen (secondary N) is 1. The molecular formula is C30H37BrN4. The number of hydrogen-bond acceptors (Lipinski definition) is 4. The molecule has 2 aromatic heterocycles. The van der Waals surface area contributed by atoms with Gasteiger partial charge in [-0.15, -0.1) is 0 Å². The zero-order valence-corrected chi connectivity index (χ0v) is 23.2. The molecule has 0 radical (unpaired) electrons. The van der Waals surface area contributed by atoms with Gasteiger partial charge in [-0.25, -0.2) is 9.97 Å². The summed E-state index contributed by atoms with van der Waals surface area (Å²) in [7, 11) is 0. The molecule has 3 N–H and O–H groups in total. The van der Waals surface area contributed by atoms with Gasteiger partial charge in [0.05, 0.1) is 0 Å². The number of rotatable bonds is 2. The topological polar surface area (TPSA) is 63.8 Å². The number of aromatic nitrogens is 2. The molecule has 35 heavy (non-hydrogen) atoms. The van der Waals surface area contributed by atoms with E-state index in [1.165, 1.54) is 11.1 Å². The number of pyridine rings is 2. The maximum atomic E-state index is 5.57. The first kappa shape index (κ1) is 28.1. The molecule has 0 aliphatic rings. The molecule has 5 heteroatoms. The Balaban J connectivity index is 0.000000205. The number of halogens is 1. The molecular weight excluding hydrogens is 496 g/mol. The average Bonchev–Trinajstić information content (AvgIpc) is 2.81. The molecule has 0 unspecified atom stereocenters. The molecule has 0 amide bonds. The van der Waals surface area contributed by atoms with Crippen molar-refractivity contribution in [3.8, 4) is 0 Å². The third-order valence-electron chi connectivity index (χ3n) is 5.09. The molecule has 0 bridgehead atoms. The summed E-state index contributed by atoms with van der Waals surface area (Å²) >= 11 is 3.20. The van der Waals surface area contributed by atoms with Crippen molar-refractivity contribution in [2.24, 2.45) is 0 Å². The van der Waals surface area contributed by atoms with Crippen LogP contribution in [-0.4, -0.2) is 9.97 Å². The van der Waals surface area contributed by atoms with E-state index in [9.17, 15) is 0 Å². The van der Waals surface area contributed by atoms with Gasteiger partial charge in [0.1, 0.15) is 10.4 Å². The van der Waals surface area contributed by atoms with Gasteiger partial charge in [-0.05, 0) is 86.4 Å². The zero-order chi connectivity index (χ0) is 25.9. The highest BCUT2D eigenvalue weighted by Gasteiger charge is 2.13. The molecule has 0 saturated heterocycles. The second kappa shape index (κ2) is 13.1. The van der Waals surface area contributed by atoms with Crippen molar-refractivity contribution in [3.63, 3.8) is 0 Å². The van der Waals surface area contributed by atoms with Gasteiger partial charge < -0.3 is 11.1 Å². The fraction of sp³-hybridized carbons (Fsp3) is 0.267. The number of hydrogen-bond donors (Lipinski definition) is 2. The Morgan fingerprint density at radius 1 is 0.629 bits per heavy atom. The summed E-state index contributed by atoms with van der Waals surface area (Å²) in [6.07, 6.45) is 3.52. The van der Waals surface area contributed by atoms with Crippen LogP contribution >= 0.6 is 15.9 Å². The lowest BCUT2D eigenvalue weighted by atomic mass is 9.87. The van der Waals surface area contributed by atoms with Crippen molar-refractivity contribution < 1.29 is 0 Å². The summed E-state index contributed by atoms with van der Waals surface area (Å²) in [6, 6.07) is 28.1. The molecule has 0 saturated carbocycles. The van der Waals surface area contributed by atoms with Crippen molar-refractivity contribution in [2.45, 2.75) is 52.4 Å². The van der Waals surface area contributed by atoms with Crippen LogP contribution in [0, 0.1) is 0 Å². The molecule has 4 rings (SSSR count). The maximum absolute atomic E-state index is 5.57. The van der Waals surface area contributed by atoms with Gasteiger partial charge in [-0.2, -0.15) is 0 Å². The minimum absolute atomic E-state index is 0.198. The van der Waals surface area contributed by atoms with E-state index in [4.69, 9.17) is 5.73 Å². The standard InChI is InChI=1S/C15H18N2.C10H15N.C5H4BrN/c1-15(2,3)12-7-9-13(10-8-12)17-14-6-4-5-11-16-14;1-10(2,3)8-4-6-9(11)7-5-8;6-5-3-1-2-4-7-5/h4-11H,1-3H3,(H,16,17);4-7H,11H2,1-3H3;1-4H. The fourth-order valence-corrected chi connectivity index (χ4v) is 3.23. The van der Waals surface area contributed by atoms with Gasteiger partial charge >= 0.3 is 0 Å². The van der Waals surface area contributed by atoms with E-state index in [2.05, 4.69) is 109 Å². The fourth-order valence-electron chi connectivity index (χ4n) is 2.96. The van der Waals surface area contributed by atoms with Crippen molar-refractivity contribution >= 4 is 33.1 Å². The normalized spacial score (nSPS) is 10.8. The van der Waals surface area contributed by atoms with Crippen LogP contribution in [0.1, 0.15) is 52.7 Å². The van der Waals surface area contributed by atoms with Crippen LogP contribution in [0.2, 0.25) is 0 Å². The molecule has 0 aliphatic carbocycles. The van der Waals surface area contributed by atoms with Gasteiger partial charge in [0.2, 0.25) is 0 Å². The van der Waals surface area contributed by atoms with Crippen LogP contribution in [-0.2, 0) is 10.8 Å². The van der Waals surface area contributed by atoms with E-state index in [1.807, 2.05) is 48.5 Å². The highest BCUT2D eigenvalue weighted by Crippen LogP contribution is 2.24. The van der Waals surface area contributed by atoms with Crippen molar-refractivity contribution in [1.29, 1.82) is 0 Å². The summed E-state index contributed by atoms with van der Waals surface area (Å²) in [6.45, 7) is 13.2. The first-order chi connectivity index (χ1) is 16.4. The van der Waals surface area contributed by atoms with Gasteiger partial charge in [-0.1, -0.05) is 77.9 Å². The van der Waals surface area contributed by atoms with E-state index in [0.717, 1.165) is 21.8 Å². The lowest BCUT2D eigenvalue weighted by molar-refractivity contribution is 0.590. The molecule has 184 valence electrons. The van der Waals surface area contributed by atoms with Gasteiger partial charge in [0.25, 0.3) is 0 Å². The monoisotopic (exact) mass is 532 g/mol. The van der Waals surface area contributed by atoms with Crippen LogP contribution in [0.3, 0.4) is 0 Å². The van der Waals surface area contributed by atoms with Gasteiger partial charge in [0.15, 0.2) is 0 Å². The Morgan fingerprint density at radius 3 is 1.49 bits per heavy atom. The van der Waals surface area contributed by atoms with E-state index >= 15 is 0 Å². The van der Waals surface area contributed by atoms with Crippen LogP contribution in [0.5, 0.6) is 0 Å². The Bertz CT molecular complexity index is 1110. The smallest absolute Gasteiger partial charge is 0.130 e.